The Kier molecular flexibility index (Phi) is 5.14. The lowest BCUT2D eigenvalue weighted by Crippen LogP contribution is -2.18. The lowest BCUT2D eigenvalue weighted by molar-refractivity contribution is -0.116. The summed E-state index contributed by atoms with van der Waals surface area (Å²) in [4.78, 5) is 16.8. The SMILES string of the molecule is O=C(Cn1cccc1-c1nc(-c2cccc(Cl)c2)no1)Nc1cccc(Cl)c1. The van der Waals surface area contributed by atoms with Crippen LogP contribution in [0.25, 0.3) is 23.0 Å². The van der Waals surface area contributed by atoms with Crippen molar-refractivity contribution < 1.29 is 9.32 Å². The van der Waals surface area contributed by atoms with E-state index in [2.05, 4.69) is 15.5 Å². The molecule has 0 atom stereocenters. The van der Waals surface area contributed by atoms with Crippen LogP contribution < -0.4 is 5.32 Å². The summed E-state index contributed by atoms with van der Waals surface area (Å²) in [6, 6.07) is 17.8. The van der Waals surface area contributed by atoms with Crippen LogP contribution >= 0.6 is 23.2 Å². The lowest BCUT2D eigenvalue weighted by Gasteiger charge is -2.08. The molecule has 140 valence electrons. The fourth-order valence-electron chi connectivity index (χ4n) is 2.74. The van der Waals surface area contributed by atoms with E-state index in [1.165, 1.54) is 0 Å². The van der Waals surface area contributed by atoms with Gasteiger partial charge in [0.25, 0.3) is 5.89 Å². The van der Waals surface area contributed by atoms with Crippen LogP contribution in [-0.2, 0) is 11.3 Å². The molecule has 0 aliphatic carbocycles. The van der Waals surface area contributed by atoms with Gasteiger partial charge in [0.05, 0.1) is 0 Å². The standard InChI is InChI=1S/C20H14Cl2N4O2/c21-14-5-1-4-13(10-14)19-24-20(28-25-19)17-8-3-9-26(17)12-18(27)23-16-7-2-6-15(22)11-16/h1-11H,12H2,(H,23,27). The number of nitrogens with zero attached hydrogens (tertiary/aromatic N) is 3. The molecule has 0 spiro atoms. The zero-order valence-electron chi connectivity index (χ0n) is 14.5. The molecule has 1 amide bonds. The van der Waals surface area contributed by atoms with Crippen LogP contribution in [0, 0.1) is 0 Å². The first-order chi connectivity index (χ1) is 13.6. The van der Waals surface area contributed by atoms with Gasteiger partial charge in [0.15, 0.2) is 0 Å². The van der Waals surface area contributed by atoms with Gasteiger partial charge >= 0.3 is 0 Å². The molecule has 0 unspecified atom stereocenters. The van der Waals surface area contributed by atoms with Gasteiger partial charge in [-0.15, -0.1) is 0 Å². The summed E-state index contributed by atoms with van der Waals surface area (Å²) in [5, 5.41) is 7.96. The normalized spacial score (nSPS) is 10.8. The van der Waals surface area contributed by atoms with Crippen molar-refractivity contribution in [1.29, 1.82) is 0 Å². The van der Waals surface area contributed by atoms with Gasteiger partial charge in [-0.2, -0.15) is 4.98 Å². The Morgan fingerprint density at radius 2 is 1.82 bits per heavy atom. The fraction of sp³-hybridized carbons (Fsp3) is 0.0500. The second-order valence-electron chi connectivity index (χ2n) is 6.01. The monoisotopic (exact) mass is 412 g/mol. The van der Waals surface area contributed by atoms with E-state index >= 15 is 0 Å². The Bertz CT molecular complexity index is 1140. The highest BCUT2D eigenvalue weighted by Gasteiger charge is 2.16. The third-order valence-electron chi connectivity index (χ3n) is 3.98. The van der Waals surface area contributed by atoms with Crippen LogP contribution in [-0.4, -0.2) is 20.6 Å². The minimum atomic E-state index is -0.200. The molecule has 2 heterocycles. The molecule has 0 aliphatic heterocycles. The highest BCUT2D eigenvalue weighted by atomic mass is 35.5. The first-order valence-corrected chi connectivity index (χ1v) is 9.15. The molecule has 1 N–H and O–H groups in total. The third kappa shape index (κ3) is 4.08. The smallest absolute Gasteiger partial charge is 0.274 e. The summed E-state index contributed by atoms with van der Waals surface area (Å²) in [5.74, 6) is 0.540. The number of benzene rings is 2. The molecule has 28 heavy (non-hydrogen) atoms. The van der Waals surface area contributed by atoms with E-state index in [-0.39, 0.29) is 12.5 Å². The molecule has 4 rings (SSSR count). The van der Waals surface area contributed by atoms with Gasteiger partial charge in [-0.3, -0.25) is 4.79 Å². The molecule has 4 aromatic rings. The van der Waals surface area contributed by atoms with Gasteiger partial charge in [0, 0.05) is 27.5 Å². The molecule has 0 bridgehead atoms. The predicted molar refractivity (Wildman–Crippen MR) is 108 cm³/mol. The van der Waals surface area contributed by atoms with Gasteiger partial charge in [-0.25, -0.2) is 0 Å². The summed E-state index contributed by atoms with van der Waals surface area (Å²) < 4.78 is 7.12. The molecule has 0 saturated carbocycles. The number of hydrogen-bond donors (Lipinski definition) is 1. The number of carbonyl (C=O) groups excluding carboxylic acids is 1. The number of carbonyl (C=O) groups is 1. The van der Waals surface area contributed by atoms with Crippen LogP contribution in [0.4, 0.5) is 5.69 Å². The van der Waals surface area contributed by atoms with Gasteiger partial charge in [0.1, 0.15) is 12.2 Å². The van der Waals surface area contributed by atoms with E-state index < -0.39 is 0 Å². The maximum atomic E-state index is 12.4. The van der Waals surface area contributed by atoms with E-state index in [1.807, 2.05) is 24.3 Å². The number of amides is 1. The van der Waals surface area contributed by atoms with E-state index in [0.717, 1.165) is 5.56 Å². The van der Waals surface area contributed by atoms with Crippen molar-refractivity contribution in [2.75, 3.05) is 5.32 Å². The largest absolute Gasteiger partial charge is 0.334 e. The van der Waals surface area contributed by atoms with Crippen LogP contribution in [0.3, 0.4) is 0 Å². The number of rotatable bonds is 5. The van der Waals surface area contributed by atoms with Crippen LogP contribution in [0.2, 0.25) is 10.0 Å². The predicted octanol–water partition coefficient (Wildman–Crippen LogP) is 5.15. The molecule has 6 nitrogen and oxygen atoms in total. The highest BCUT2D eigenvalue weighted by molar-refractivity contribution is 6.31. The van der Waals surface area contributed by atoms with Gasteiger partial charge < -0.3 is 14.4 Å². The minimum Gasteiger partial charge on any atom is -0.334 e. The number of anilines is 1. The van der Waals surface area contributed by atoms with Crippen LogP contribution in [0.5, 0.6) is 0 Å². The van der Waals surface area contributed by atoms with E-state index in [4.69, 9.17) is 27.7 Å². The Labute approximate surface area is 170 Å². The van der Waals surface area contributed by atoms with Crippen LogP contribution in [0.15, 0.2) is 71.4 Å². The van der Waals surface area contributed by atoms with Crippen molar-refractivity contribution in [3.8, 4) is 23.0 Å². The molecule has 0 fully saturated rings. The topological polar surface area (TPSA) is 73.0 Å². The number of aromatic nitrogens is 3. The second kappa shape index (κ2) is 7.88. The summed E-state index contributed by atoms with van der Waals surface area (Å²) >= 11 is 12.0. The average molecular weight is 413 g/mol. The molecule has 2 aromatic heterocycles. The second-order valence-corrected chi connectivity index (χ2v) is 6.89. The zero-order chi connectivity index (χ0) is 19.5. The van der Waals surface area contributed by atoms with Crippen molar-refractivity contribution in [2.45, 2.75) is 6.54 Å². The molecule has 0 radical (unpaired) electrons. The molecule has 0 aliphatic rings. The van der Waals surface area contributed by atoms with Gasteiger partial charge in [-0.05, 0) is 42.5 Å². The summed E-state index contributed by atoms with van der Waals surface area (Å²) in [6.45, 7) is 0.0870. The quantitative estimate of drug-likeness (QED) is 0.491. The maximum absolute atomic E-state index is 12.4. The van der Waals surface area contributed by atoms with Crippen molar-refractivity contribution in [1.82, 2.24) is 14.7 Å². The number of nitrogens with one attached hydrogen (secondary N) is 1. The van der Waals surface area contributed by atoms with Gasteiger partial charge in [0.2, 0.25) is 11.7 Å². The first kappa shape index (κ1) is 18.3. The molecular formula is C20H14Cl2N4O2. The fourth-order valence-corrected chi connectivity index (χ4v) is 3.12. The van der Waals surface area contributed by atoms with Gasteiger partial charge in [-0.1, -0.05) is 46.6 Å². The summed E-state index contributed by atoms with van der Waals surface area (Å²) in [7, 11) is 0. The van der Waals surface area contributed by atoms with Crippen molar-refractivity contribution >= 4 is 34.8 Å². The Morgan fingerprint density at radius 3 is 2.61 bits per heavy atom. The molecule has 2 aromatic carbocycles. The maximum Gasteiger partial charge on any atom is 0.274 e. The Balaban J connectivity index is 1.52. The van der Waals surface area contributed by atoms with Crippen LogP contribution in [0.1, 0.15) is 0 Å². The Hall–Kier alpha value is -3.09. The van der Waals surface area contributed by atoms with E-state index in [0.29, 0.717) is 33.1 Å². The number of hydrogen-bond acceptors (Lipinski definition) is 4. The average Bonchev–Trinajstić information content (AvgIpc) is 3.31. The van der Waals surface area contributed by atoms with E-state index in [9.17, 15) is 4.79 Å². The first-order valence-electron chi connectivity index (χ1n) is 8.39. The summed E-state index contributed by atoms with van der Waals surface area (Å²) in [5.41, 5.74) is 2.02. The highest BCUT2D eigenvalue weighted by Crippen LogP contribution is 2.24. The van der Waals surface area contributed by atoms with Crippen molar-refractivity contribution in [3.05, 3.63) is 76.9 Å². The molecule has 8 heteroatoms. The third-order valence-corrected chi connectivity index (χ3v) is 4.45. The number of halogens is 2. The summed E-state index contributed by atoms with van der Waals surface area (Å²) in [6.07, 6.45) is 1.77. The lowest BCUT2D eigenvalue weighted by atomic mass is 10.2. The minimum absolute atomic E-state index is 0.0870. The molecular weight excluding hydrogens is 399 g/mol. The zero-order valence-corrected chi connectivity index (χ0v) is 16.0. The van der Waals surface area contributed by atoms with E-state index in [1.54, 1.807) is 47.2 Å². The van der Waals surface area contributed by atoms with Crippen molar-refractivity contribution in [3.63, 3.8) is 0 Å². The van der Waals surface area contributed by atoms with Crippen molar-refractivity contribution in [2.24, 2.45) is 0 Å². The Morgan fingerprint density at radius 1 is 1.04 bits per heavy atom. The molecule has 0 saturated heterocycles.